The van der Waals surface area contributed by atoms with Crippen molar-refractivity contribution < 1.29 is 28.7 Å². The van der Waals surface area contributed by atoms with Gasteiger partial charge in [0, 0.05) is 17.5 Å². The lowest BCUT2D eigenvalue weighted by Crippen LogP contribution is -2.54. The molecule has 0 spiro atoms. The number of carbonyl (C=O) groups excluding carboxylic acids is 4. The Bertz CT molecular complexity index is 1300. The molecule has 0 aliphatic rings. The van der Waals surface area contributed by atoms with Gasteiger partial charge in [0.2, 0.25) is 11.8 Å². The number of nitrogens with zero attached hydrogens (tertiary/aromatic N) is 1. The summed E-state index contributed by atoms with van der Waals surface area (Å²) < 4.78 is 10.1. The highest BCUT2D eigenvalue weighted by atomic mass is 16.5. The van der Waals surface area contributed by atoms with E-state index in [-0.39, 0.29) is 32.6 Å². The Morgan fingerprint density at radius 1 is 0.897 bits per heavy atom. The molecule has 3 N–H and O–H groups in total. The minimum absolute atomic E-state index is 0.0140. The summed E-state index contributed by atoms with van der Waals surface area (Å²) in [4.78, 5) is 54.9. The van der Waals surface area contributed by atoms with Gasteiger partial charge >= 0.3 is 12.1 Å². The van der Waals surface area contributed by atoms with Crippen LogP contribution in [0.5, 0.6) is 0 Å². The summed E-state index contributed by atoms with van der Waals surface area (Å²) in [5.74, 6) is -1.83. The summed E-state index contributed by atoms with van der Waals surface area (Å²) in [5, 5.41) is 8.64. The fraction of sp³-hybridized carbons (Fsp3) is 0.276. The third-order valence-corrected chi connectivity index (χ3v) is 5.70. The first kappa shape index (κ1) is 28.8. The van der Waals surface area contributed by atoms with E-state index in [0.29, 0.717) is 5.69 Å². The van der Waals surface area contributed by atoms with Crippen LogP contribution < -0.4 is 16.0 Å². The molecular formula is C29H32N4O6. The standard InChI is InChI=1S/C29H32N4O6/c1-3-16-38-26(34)18-30-27(35)25(17-22-15-14-21-12-8-9-13-24(21)31-22)32-28(36)23(4-2)33-29(37)39-19-20-10-6-5-7-11-20/h3,5-15,23,25H,1,4,16-19H2,2H3,(H,30,35)(H,32,36)(H,33,37)/t23-,25?/m0/s1. The van der Waals surface area contributed by atoms with Crippen LogP contribution in [0.3, 0.4) is 0 Å². The van der Waals surface area contributed by atoms with Gasteiger partial charge in [0.1, 0.15) is 31.8 Å². The third kappa shape index (κ3) is 9.26. The number of hydrogen-bond donors (Lipinski definition) is 3. The van der Waals surface area contributed by atoms with Crippen LogP contribution in [0, 0.1) is 0 Å². The van der Waals surface area contributed by atoms with Crippen LogP contribution in [0.15, 0.2) is 79.4 Å². The lowest BCUT2D eigenvalue weighted by atomic mass is 10.1. The molecule has 0 bridgehead atoms. The first-order valence-electron chi connectivity index (χ1n) is 12.6. The van der Waals surface area contributed by atoms with E-state index >= 15 is 0 Å². The molecule has 2 aromatic carbocycles. The molecule has 3 rings (SSSR count). The van der Waals surface area contributed by atoms with Gasteiger partial charge < -0.3 is 25.4 Å². The fourth-order valence-corrected chi connectivity index (χ4v) is 3.66. The Hall–Kier alpha value is -4.73. The summed E-state index contributed by atoms with van der Waals surface area (Å²) in [6.07, 6.45) is 0.960. The average molecular weight is 533 g/mol. The van der Waals surface area contributed by atoms with Crippen molar-refractivity contribution in [1.29, 1.82) is 0 Å². The number of benzene rings is 2. The van der Waals surface area contributed by atoms with Gasteiger partial charge in [-0.2, -0.15) is 0 Å². The van der Waals surface area contributed by atoms with Crippen molar-refractivity contribution >= 4 is 34.8 Å². The molecule has 2 atom stereocenters. The largest absolute Gasteiger partial charge is 0.460 e. The SMILES string of the molecule is C=CCOC(=O)CNC(=O)C(Cc1ccc2ccccc2n1)NC(=O)[C@H](CC)NC(=O)OCc1ccccc1. The molecule has 3 aromatic rings. The van der Waals surface area contributed by atoms with E-state index in [1.807, 2.05) is 60.7 Å². The third-order valence-electron chi connectivity index (χ3n) is 5.70. The zero-order chi connectivity index (χ0) is 28.0. The number of aromatic nitrogens is 1. The molecule has 204 valence electrons. The van der Waals surface area contributed by atoms with Gasteiger partial charge in [-0.3, -0.25) is 19.4 Å². The predicted octanol–water partition coefficient (Wildman–Crippen LogP) is 2.81. The number of carbonyl (C=O) groups is 4. The average Bonchev–Trinajstić information content (AvgIpc) is 2.96. The molecule has 10 heteroatoms. The van der Waals surface area contributed by atoms with Gasteiger partial charge in [-0.05, 0) is 24.1 Å². The van der Waals surface area contributed by atoms with E-state index in [1.165, 1.54) is 6.08 Å². The van der Waals surface area contributed by atoms with Crippen LogP contribution in [0.2, 0.25) is 0 Å². The van der Waals surface area contributed by atoms with Crippen molar-refractivity contribution in [2.24, 2.45) is 0 Å². The number of alkyl carbamates (subject to hydrolysis) is 1. The normalized spacial score (nSPS) is 12.0. The number of pyridine rings is 1. The number of ether oxygens (including phenoxy) is 2. The van der Waals surface area contributed by atoms with E-state index in [2.05, 4.69) is 27.5 Å². The molecule has 3 amide bonds. The van der Waals surface area contributed by atoms with E-state index in [0.717, 1.165) is 16.5 Å². The second-order valence-corrected chi connectivity index (χ2v) is 8.62. The highest BCUT2D eigenvalue weighted by molar-refractivity contribution is 5.92. The van der Waals surface area contributed by atoms with Crippen LogP contribution in [-0.4, -0.2) is 54.1 Å². The smallest absolute Gasteiger partial charge is 0.408 e. The number of hydrogen-bond acceptors (Lipinski definition) is 7. The molecule has 10 nitrogen and oxygen atoms in total. The highest BCUT2D eigenvalue weighted by Crippen LogP contribution is 2.13. The van der Waals surface area contributed by atoms with Crippen LogP contribution in [-0.2, 0) is 36.9 Å². The van der Waals surface area contributed by atoms with Crippen molar-refractivity contribution in [3.8, 4) is 0 Å². The molecule has 0 aliphatic heterocycles. The van der Waals surface area contributed by atoms with Gasteiger partial charge in [0.25, 0.3) is 0 Å². The molecular weight excluding hydrogens is 500 g/mol. The summed E-state index contributed by atoms with van der Waals surface area (Å²) in [6.45, 7) is 4.87. The second-order valence-electron chi connectivity index (χ2n) is 8.62. The Morgan fingerprint density at radius 3 is 2.38 bits per heavy atom. The summed E-state index contributed by atoms with van der Waals surface area (Å²) in [6, 6.07) is 18.3. The number of fused-ring (bicyclic) bond motifs is 1. The van der Waals surface area contributed by atoms with E-state index in [9.17, 15) is 19.2 Å². The number of rotatable bonds is 13. The Kier molecular flexibility index (Phi) is 11.0. The van der Waals surface area contributed by atoms with Crippen molar-refractivity contribution in [3.05, 3.63) is 90.6 Å². The molecule has 0 fully saturated rings. The number of nitrogens with one attached hydrogen (secondary N) is 3. The first-order chi connectivity index (χ1) is 18.9. The van der Waals surface area contributed by atoms with Crippen molar-refractivity contribution in [3.63, 3.8) is 0 Å². The van der Waals surface area contributed by atoms with Crippen molar-refractivity contribution in [1.82, 2.24) is 20.9 Å². The molecule has 0 radical (unpaired) electrons. The minimum atomic E-state index is -1.07. The number of amides is 3. The van der Waals surface area contributed by atoms with Gasteiger partial charge in [0.05, 0.1) is 5.52 Å². The Balaban J connectivity index is 1.67. The van der Waals surface area contributed by atoms with Gasteiger partial charge in [-0.1, -0.05) is 74.2 Å². The quantitative estimate of drug-likeness (QED) is 0.228. The molecule has 0 saturated heterocycles. The van der Waals surface area contributed by atoms with E-state index in [4.69, 9.17) is 9.47 Å². The minimum Gasteiger partial charge on any atom is -0.460 e. The Labute approximate surface area is 226 Å². The first-order valence-corrected chi connectivity index (χ1v) is 12.6. The maximum Gasteiger partial charge on any atom is 0.408 e. The molecule has 1 heterocycles. The molecule has 0 aliphatic carbocycles. The lowest BCUT2D eigenvalue weighted by molar-refractivity contribution is -0.143. The van der Waals surface area contributed by atoms with Gasteiger partial charge in [-0.15, -0.1) is 0 Å². The monoisotopic (exact) mass is 532 g/mol. The topological polar surface area (TPSA) is 136 Å². The zero-order valence-electron chi connectivity index (χ0n) is 21.7. The van der Waals surface area contributed by atoms with Gasteiger partial charge in [-0.25, -0.2) is 4.79 Å². The molecule has 1 unspecified atom stereocenters. The number of esters is 1. The second kappa shape index (κ2) is 14.9. The molecule has 0 saturated carbocycles. The van der Waals surface area contributed by atoms with Crippen molar-refractivity contribution in [2.45, 2.75) is 38.5 Å². The molecule has 39 heavy (non-hydrogen) atoms. The maximum atomic E-state index is 13.1. The Morgan fingerprint density at radius 2 is 1.64 bits per heavy atom. The lowest BCUT2D eigenvalue weighted by Gasteiger charge is -2.22. The van der Waals surface area contributed by atoms with Gasteiger partial charge in [0.15, 0.2) is 0 Å². The summed E-state index contributed by atoms with van der Waals surface area (Å²) in [5.41, 5.74) is 2.10. The van der Waals surface area contributed by atoms with Crippen molar-refractivity contribution in [2.75, 3.05) is 13.2 Å². The van der Waals surface area contributed by atoms with Crippen LogP contribution in [0.25, 0.3) is 10.9 Å². The molecule has 1 aromatic heterocycles. The summed E-state index contributed by atoms with van der Waals surface area (Å²) in [7, 11) is 0. The fourth-order valence-electron chi connectivity index (χ4n) is 3.66. The predicted molar refractivity (Wildman–Crippen MR) is 145 cm³/mol. The maximum absolute atomic E-state index is 13.1. The highest BCUT2D eigenvalue weighted by Gasteiger charge is 2.27. The van der Waals surface area contributed by atoms with Crippen LogP contribution >= 0.6 is 0 Å². The number of para-hydroxylation sites is 1. The zero-order valence-corrected chi connectivity index (χ0v) is 21.7. The van der Waals surface area contributed by atoms with Crippen LogP contribution in [0.4, 0.5) is 4.79 Å². The van der Waals surface area contributed by atoms with E-state index in [1.54, 1.807) is 13.0 Å². The van der Waals surface area contributed by atoms with Crippen LogP contribution in [0.1, 0.15) is 24.6 Å². The van der Waals surface area contributed by atoms with E-state index < -0.39 is 36.0 Å². The summed E-state index contributed by atoms with van der Waals surface area (Å²) >= 11 is 0.